The van der Waals surface area contributed by atoms with Gasteiger partial charge in [0.1, 0.15) is 5.82 Å². The molecule has 0 saturated carbocycles. The smallest absolute Gasteiger partial charge is 0.264 e. The molecule has 0 aliphatic carbocycles. The quantitative estimate of drug-likeness (QED) is 0.923. The van der Waals surface area contributed by atoms with Crippen LogP contribution in [0.3, 0.4) is 0 Å². The van der Waals surface area contributed by atoms with Crippen molar-refractivity contribution >= 4 is 15.7 Å². The SMILES string of the molecule is CCN(c1ccccc1F)S(=O)(=O)c1ccccc1CN. The van der Waals surface area contributed by atoms with E-state index in [0.29, 0.717) is 5.56 Å². The molecule has 0 bridgehead atoms. The van der Waals surface area contributed by atoms with Gasteiger partial charge in [0.2, 0.25) is 0 Å². The molecule has 2 rings (SSSR count). The summed E-state index contributed by atoms with van der Waals surface area (Å²) in [5.41, 5.74) is 6.14. The number of hydrogen-bond acceptors (Lipinski definition) is 3. The second-order valence-corrected chi connectivity index (χ2v) is 6.26. The van der Waals surface area contributed by atoms with Crippen LogP contribution in [-0.2, 0) is 16.6 Å². The molecule has 0 radical (unpaired) electrons. The summed E-state index contributed by atoms with van der Waals surface area (Å²) < 4.78 is 40.6. The molecule has 0 spiro atoms. The van der Waals surface area contributed by atoms with E-state index in [1.165, 1.54) is 24.3 Å². The predicted octanol–water partition coefficient (Wildman–Crippen LogP) is 2.50. The summed E-state index contributed by atoms with van der Waals surface area (Å²) in [5, 5.41) is 0. The van der Waals surface area contributed by atoms with E-state index in [9.17, 15) is 12.8 Å². The van der Waals surface area contributed by atoms with Crippen molar-refractivity contribution in [3.63, 3.8) is 0 Å². The number of halogens is 1. The third-order valence-corrected chi connectivity index (χ3v) is 5.16. The third kappa shape index (κ3) is 2.91. The van der Waals surface area contributed by atoms with Crippen LogP contribution >= 0.6 is 0 Å². The second-order valence-electron chi connectivity index (χ2n) is 4.43. The Morgan fingerprint density at radius 2 is 1.71 bits per heavy atom. The van der Waals surface area contributed by atoms with Crippen molar-refractivity contribution in [2.75, 3.05) is 10.8 Å². The van der Waals surface area contributed by atoms with Crippen LogP contribution in [0.15, 0.2) is 53.4 Å². The van der Waals surface area contributed by atoms with E-state index in [0.717, 1.165) is 4.31 Å². The van der Waals surface area contributed by atoms with Crippen LogP contribution < -0.4 is 10.0 Å². The molecule has 0 heterocycles. The fraction of sp³-hybridized carbons (Fsp3) is 0.200. The van der Waals surface area contributed by atoms with E-state index in [2.05, 4.69) is 0 Å². The molecule has 21 heavy (non-hydrogen) atoms. The lowest BCUT2D eigenvalue weighted by Gasteiger charge is -2.24. The molecule has 2 aromatic carbocycles. The molecule has 112 valence electrons. The maximum absolute atomic E-state index is 13.9. The minimum atomic E-state index is -3.86. The fourth-order valence-corrected chi connectivity index (χ4v) is 3.88. The first kappa shape index (κ1) is 15.5. The standard InChI is InChI=1S/C15H17FN2O2S/c1-2-18(14-9-5-4-8-13(14)16)21(19,20)15-10-6-3-7-12(15)11-17/h3-10H,2,11,17H2,1H3. The lowest BCUT2D eigenvalue weighted by atomic mass is 10.2. The number of hydrogen-bond donors (Lipinski definition) is 1. The van der Waals surface area contributed by atoms with Gasteiger partial charge in [-0.3, -0.25) is 4.31 Å². The first-order valence-electron chi connectivity index (χ1n) is 6.57. The molecule has 0 atom stereocenters. The van der Waals surface area contributed by atoms with Gasteiger partial charge >= 0.3 is 0 Å². The Morgan fingerprint density at radius 3 is 2.33 bits per heavy atom. The highest BCUT2D eigenvalue weighted by molar-refractivity contribution is 7.92. The Balaban J connectivity index is 2.58. The fourth-order valence-electron chi connectivity index (χ4n) is 2.17. The molecule has 2 N–H and O–H groups in total. The Labute approximate surface area is 124 Å². The highest BCUT2D eigenvalue weighted by Gasteiger charge is 2.27. The van der Waals surface area contributed by atoms with E-state index in [1.807, 2.05) is 0 Å². The van der Waals surface area contributed by atoms with Gasteiger partial charge in [-0.05, 0) is 30.7 Å². The predicted molar refractivity (Wildman–Crippen MR) is 80.9 cm³/mol. The van der Waals surface area contributed by atoms with Crippen LogP contribution in [0.2, 0.25) is 0 Å². The Bertz CT molecular complexity index is 732. The summed E-state index contributed by atoms with van der Waals surface area (Å²) in [4.78, 5) is 0.109. The summed E-state index contributed by atoms with van der Waals surface area (Å²) >= 11 is 0. The largest absolute Gasteiger partial charge is 0.326 e. The molecule has 0 aliphatic heterocycles. The number of nitrogens with zero attached hydrogens (tertiary/aromatic N) is 1. The van der Waals surface area contributed by atoms with Gasteiger partial charge in [0, 0.05) is 13.1 Å². The van der Waals surface area contributed by atoms with Crippen LogP contribution in [0.1, 0.15) is 12.5 Å². The summed E-state index contributed by atoms with van der Waals surface area (Å²) in [6, 6.07) is 12.3. The zero-order chi connectivity index (χ0) is 15.5. The van der Waals surface area contributed by atoms with Gasteiger partial charge < -0.3 is 5.73 Å². The zero-order valence-electron chi connectivity index (χ0n) is 11.7. The lowest BCUT2D eigenvalue weighted by Crippen LogP contribution is -2.32. The summed E-state index contributed by atoms with van der Waals surface area (Å²) in [6.07, 6.45) is 0. The Hall–Kier alpha value is -1.92. The summed E-state index contributed by atoms with van der Waals surface area (Å²) in [5.74, 6) is -0.576. The molecule has 0 unspecified atom stereocenters. The Morgan fingerprint density at radius 1 is 1.10 bits per heavy atom. The monoisotopic (exact) mass is 308 g/mol. The third-order valence-electron chi connectivity index (χ3n) is 3.17. The molecule has 0 aromatic heterocycles. The van der Waals surface area contributed by atoms with Crippen LogP contribution in [0.4, 0.5) is 10.1 Å². The number of anilines is 1. The zero-order valence-corrected chi connectivity index (χ0v) is 12.5. The van der Waals surface area contributed by atoms with Gasteiger partial charge in [-0.25, -0.2) is 12.8 Å². The van der Waals surface area contributed by atoms with Gasteiger partial charge in [-0.15, -0.1) is 0 Å². The topological polar surface area (TPSA) is 63.4 Å². The maximum Gasteiger partial charge on any atom is 0.264 e. The van der Waals surface area contributed by atoms with Crippen molar-refractivity contribution < 1.29 is 12.8 Å². The number of rotatable bonds is 5. The molecular weight excluding hydrogens is 291 g/mol. The van der Waals surface area contributed by atoms with Crippen molar-refractivity contribution in [3.05, 3.63) is 59.9 Å². The maximum atomic E-state index is 13.9. The van der Waals surface area contributed by atoms with Crippen LogP contribution in [0, 0.1) is 5.82 Å². The molecule has 2 aromatic rings. The van der Waals surface area contributed by atoms with Crippen molar-refractivity contribution in [3.8, 4) is 0 Å². The molecular formula is C15H17FN2O2S. The van der Waals surface area contributed by atoms with E-state index in [1.54, 1.807) is 31.2 Å². The first-order valence-corrected chi connectivity index (χ1v) is 8.01. The van der Waals surface area contributed by atoms with Crippen molar-refractivity contribution in [2.24, 2.45) is 5.73 Å². The average molecular weight is 308 g/mol. The van der Waals surface area contributed by atoms with Gasteiger partial charge in [-0.1, -0.05) is 30.3 Å². The molecule has 4 nitrogen and oxygen atoms in total. The molecule has 0 fully saturated rings. The highest BCUT2D eigenvalue weighted by atomic mass is 32.2. The molecule has 6 heteroatoms. The van der Waals surface area contributed by atoms with Crippen molar-refractivity contribution in [2.45, 2.75) is 18.4 Å². The van der Waals surface area contributed by atoms with Crippen molar-refractivity contribution in [1.29, 1.82) is 0 Å². The number of para-hydroxylation sites is 1. The minimum Gasteiger partial charge on any atom is -0.326 e. The first-order chi connectivity index (χ1) is 10.0. The number of sulfonamides is 1. The van der Waals surface area contributed by atoms with E-state index >= 15 is 0 Å². The van der Waals surface area contributed by atoms with Gasteiger partial charge in [-0.2, -0.15) is 0 Å². The highest BCUT2D eigenvalue weighted by Crippen LogP contribution is 2.27. The number of benzene rings is 2. The van der Waals surface area contributed by atoms with Crippen LogP contribution in [0.5, 0.6) is 0 Å². The Kier molecular flexibility index (Phi) is 4.59. The van der Waals surface area contributed by atoms with Gasteiger partial charge in [0.25, 0.3) is 10.0 Å². The number of nitrogens with two attached hydrogens (primary N) is 1. The summed E-state index contributed by atoms with van der Waals surface area (Å²) in [7, 11) is -3.86. The van der Waals surface area contributed by atoms with Crippen LogP contribution in [-0.4, -0.2) is 15.0 Å². The van der Waals surface area contributed by atoms with E-state index < -0.39 is 15.8 Å². The summed E-state index contributed by atoms with van der Waals surface area (Å²) in [6.45, 7) is 1.89. The second kappa shape index (κ2) is 6.24. The normalized spacial score (nSPS) is 11.4. The minimum absolute atomic E-state index is 0.0341. The van der Waals surface area contributed by atoms with Gasteiger partial charge in [0.15, 0.2) is 0 Å². The van der Waals surface area contributed by atoms with Crippen molar-refractivity contribution in [1.82, 2.24) is 0 Å². The average Bonchev–Trinajstić information content (AvgIpc) is 2.49. The lowest BCUT2D eigenvalue weighted by molar-refractivity contribution is 0.585. The molecule has 0 amide bonds. The van der Waals surface area contributed by atoms with Gasteiger partial charge in [0.05, 0.1) is 10.6 Å². The van der Waals surface area contributed by atoms with Crippen LogP contribution in [0.25, 0.3) is 0 Å². The van der Waals surface area contributed by atoms with E-state index in [4.69, 9.17) is 5.73 Å². The van der Waals surface area contributed by atoms with E-state index in [-0.39, 0.29) is 23.7 Å². The molecule has 0 saturated heterocycles. The molecule has 0 aliphatic rings.